The molecule has 0 aromatic rings. The molecule has 1 unspecified atom stereocenters. The van der Waals surface area contributed by atoms with Gasteiger partial charge in [0.25, 0.3) is 0 Å². The van der Waals surface area contributed by atoms with Crippen molar-refractivity contribution in [1.82, 2.24) is 15.5 Å². The first-order valence-electron chi connectivity index (χ1n) is 6.49. The summed E-state index contributed by atoms with van der Waals surface area (Å²) in [6.45, 7) is 2.94. The van der Waals surface area contributed by atoms with Crippen molar-refractivity contribution in [2.45, 2.75) is 32.2 Å². The first-order chi connectivity index (χ1) is 9.00. The van der Waals surface area contributed by atoms with Crippen LogP contribution in [0.25, 0.3) is 0 Å². The maximum absolute atomic E-state index is 11.8. The van der Waals surface area contributed by atoms with Gasteiger partial charge in [-0.3, -0.25) is 9.59 Å². The number of hydrogen-bond donors (Lipinski definition) is 3. The molecule has 0 aromatic carbocycles. The molecule has 0 bridgehead atoms. The van der Waals surface area contributed by atoms with E-state index in [1.807, 2.05) is 0 Å². The van der Waals surface area contributed by atoms with E-state index < -0.39 is 17.9 Å². The van der Waals surface area contributed by atoms with Gasteiger partial charge in [-0.2, -0.15) is 0 Å². The van der Waals surface area contributed by atoms with E-state index >= 15 is 0 Å². The minimum absolute atomic E-state index is 0.0216. The number of nitrogens with zero attached hydrogens (tertiary/aromatic N) is 1. The molecule has 1 heterocycles. The largest absolute Gasteiger partial charge is 0.480 e. The number of amides is 2. The second kappa shape index (κ2) is 7.73. The molecular formula is C12H21N3O4. The molecule has 7 heteroatoms. The van der Waals surface area contributed by atoms with E-state index in [0.717, 1.165) is 32.4 Å². The van der Waals surface area contributed by atoms with E-state index in [1.54, 1.807) is 4.90 Å². The van der Waals surface area contributed by atoms with Gasteiger partial charge in [0.1, 0.15) is 6.04 Å². The number of hydrogen-bond acceptors (Lipinski definition) is 4. The van der Waals surface area contributed by atoms with Crippen molar-refractivity contribution in [3.63, 3.8) is 0 Å². The van der Waals surface area contributed by atoms with Crippen molar-refractivity contribution in [2.75, 3.05) is 26.2 Å². The van der Waals surface area contributed by atoms with E-state index in [9.17, 15) is 14.4 Å². The number of carboxylic acids is 1. The Morgan fingerprint density at radius 3 is 2.37 bits per heavy atom. The summed E-state index contributed by atoms with van der Waals surface area (Å²) in [5, 5.41) is 14.0. The summed E-state index contributed by atoms with van der Waals surface area (Å²) in [5.74, 6) is -1.55. The first-order valence-corrected chi connectivity index (χ1v) is 6.49. The predicted molar refractivity (Wildman–Crippen MR) is 68.5 cm³/mol. The van der Waals surface area contributed by atoms with Crippen LogP contribution in [0, 0.1) is 0 Å². The Hall–Kier alpha value is -1.63. The SMILES string of the molecule is CC(=O)NC(CNCC(=O)N1CCCCC1)C(=O)O. The van der Waals surface area contributed by atoms with Crippen molar-refractivity contribution in [3.8, 4) is 0 Å². The smallest absolute Gasteiger partial charge is 0.327 e. The van der Waals surface area contributed by atoms with Crippen molar-refractivity contribution in [2.24, 2.45) is 0 Å². The fourth-order valence-corrected chi connectivity index (χ4v) is 2.02. The predicted octanol–water partition coefficient (Wildman–Crippen LogP) is -0.822. The fourth-order valence-electron chi connectivity index (χ4n) is 2.02. The van der Waals surface area contributed by atoms with E-state index in [2.05, 4.69) is 10.6 Å². The number of carbonyl (C=O) groups is 3. The molecule has 0 aromatic heterocycles. The molecule has 0 spiro atoms. The number of aliphatic carboxylic acids is 1. The van der Waals surface area contributed by atoms with Crippen molar-refractivity contribution in [1.29, 1.82) is 0 Å². The quantitative estimate of drug-likeness (QED) is 0.586. The molecule has 0 saturated carbocycles. The molecule has 1 aliphatic heterocycles. The van der Waals surface area contributed by atoms with Gasteiger partial charge in [-0.15, -0.1) is 0 Å². The van der Waals surface area contributed by atoms with Crippen LogP contribution in [0.2, 0.25) is 0 Å². The number of likely N-dealkylation sites (tertiary alicyclic amines) is 1. The van der Waals surface area contributed by atoms with Crippen LogP contribution >= 0.6 is 0 Å². The Kier molecular flexibility index (Phi) is 6.27. The van der Waals surface area contributed by atoms with Crippen LogP contribution in [0.15, 0.2) is 0 Å². The lowest BCUT2D eigenvalue weighted by Crippen LogP contribution is -2.49. The average molecular weight is 271 g/mol. The van der Waals surface area contributed by atoms with Gasteiger partial charge in [0.2, 0.25) is 11.8 Å². The standard InChI is InChI=1S/C12H21N3O4/c1-9(16)14-10(12(18)19)7-13-8-11(17)15-5-3-2-4-6-15/h10,13H,2-8H2,1H3,(H,14,16)(H,18,19). The molecule has 0 radical (unpaired) electrons. The monoisotopic (exact) mass is 271 g/mol. The van der Waals surface area contributed by atoms with Gasteiger partial charge < -0.3 is 20.6 Å². The van der Waals surface area contributed by atoms with Gasteiger partial charge in [-0.1, -0.05) is 0 Å². The van der Waals surface area contributed by atoms with Crippen LogP contribution in [0.3, 0.4) is 0 Å². The Morgan fingerprint density at radius 1 is 1.21 bits per heavy atom. The normalized spacial score (nSPS) is 16.8. The summed E-state index contributed by atoms with van der Waals surface area (Å²) in [7, 11) is 0. The Labute approximate surface area is 112 Å². The average Bonchev–Trinajstić information content (AvgIpc) is 2.37. The lowest BCUT2D eigenvalue weighted by molar-refractivity contribution is -0.141. The number of carboxylic acid groups (broad SMARTS) is 1. The molecule has 1 saturated heterocycles. The van der Waals surface area contributed by atoms with Crippen LogP contribution in [-0.2, 0) is 14.4 Å². The van der Waals surface area contributed by atoms with Crippen LogP contribution in [0.4, 0.5) is 0 Å². The van der Waals surface area contributed by atoms with Gasteiger partial charge >= 0.3 is 5.97 Å². The second-order valence-corrected chi connectivity index (χ2v) is 4.66. The third kappa shape index (κ3) is 5.69. The minimum Gasteiger partial charge on any atom is -0.480 e. The van der Waals surface area contributed by atoms with Gasteiger partial charge in [0.05, 0.1) is 6.54 Å². The Bertz CT molecular complexity index is 340. The van der Waals surface area contributed by atoms with Crippen LogP contribution in [-0.4, -0.2) is 60.0 Å². The minimum atomic E-state index is -1.12. The van der Waals surface area contributed by atoms with Crippen LogP contribution in [0.5, 0.6) is 0 Å². The lowest BCUT2D eigenvalue weighted by Gasteiger charge is -2.27. The first kappa shape index (κ1) is 15.4. The lowest BCUT2D eigenvalue weighted by atomic mass is 10.1. The summed E-state index contributed by atoms with van der Waals surface area (Å²) in [6.07, 6.45) is 3.20. The third-order valence-electron chi connectivity index (χ3n) is 3.01. The molecule has 108 valence electrons. The zero-order valence-electron chi connectivity index (χ0n) is 11.1. The molecule has 3 N–H and O–H groups in total. The molecular weight excluding hydrogens is 250 g/mol. The molecule has 0 aliphatic carbocycles. The summed E-state index contributed by atoms with van der Waals surface area (Å²) in [5.41, 5.74) is 0. The van der Waals surface area contributed by atoms with Crippen molar-refractivity contribution < 1.29 is 19.5 Å². The van der Waals surface area contributed by atoms with Gasteiger partial charge in [0.15, 0.2) is 0 Å². The molecule has 1 rings (SSSR count). The van der Waals surface area contributed by atoms with Crippen LogP contribution in [0.1, 0.15) is 26.2 Å². The number of carbonyl (C=O) groups excluding carboxylic acids is 2. The zero-order chi connectivity index (χ0) is 14.3. The summed E-state index contributed by atoms with van der Waals surface area (Å²) >= 11 is 0. The van der Waals surface area contributed by atoms with Gasteiger partial charge in [-0.05, 0) is 19.3 Å². The highest BCUT2D eigenvalue weighted by Crippen LogP contribution is 2.08. The highest BCUT2D eigenvalue weighted by molar-refractivity contribution is 5.82. The number of piperidine rings is 1. The second-order valence-electron chi connectivity index (χ2n) is 4.66. The molecule has 2 amide bonds. The Balaban J connectivity index is 2.28. The van der Waals surface area contributed by atoms with E-state index in [4.69, 9.17) is 5.11 Å². The van der Waals surface area contributed by atoms with Crippen molar-refractivity contribution >= 4 is 17.8 Å². The third-order valence-corrected chi connectivity index (χ3v) is 3.01. The maximum Gasteiger partial charge on any atom is 0.327 e. The number of rotatable bonds is 6. The Morgan fingerprint density at radius 2 is 1.84 bits per heavy atom. The van der Waals surface area contributed by atoms with Gasteiger partial charge in [0, 0.05) is 26.6 Å². The summed E-state index contributed by atoms with van der Waals surface area (Å²) in [4.78, 5) is 35.3. The molecule has 19 heavy (non-hydrogen) atoms. The molecule has 1 aliphatic rings. The highest BCUT2D eigenvalue weighted by Gasteiger charge is 2.20. The van der Waals surface area contributed by atoms with Crippen molar-refractivity contribution in [3.05, 3.63) is 0 Å². The molecule has 1 fully saturated rings. The van der Waals surface area contributed by atoms with Crippen LogP contribution < -0.4 is 10.6 Å². The summed E-state index contributed by atoms with van der Waals surface area (Å²) < 4.78 is 0. The summed E-state index contributed by atoms with van der Waals surface area (Å²) in [6, 6.07) is -1.01. The number of nitrogens with one attached hydrogen (secondary N) is 2. The van der Waals surface area contributed by atoms with E-state index in [1.165, 1.54) is 6.92 Å². The highest BCUT2D eigenvalue weighted by atomic mass is 16.4. The molecule has 7 nitrogen and oxygen atoms in total. The maximum atomic E-state index is 11.8. The van der Waals surface area contributed by atoms with Gasteiger partial charge in [-0.25, -0.2) is 4.79 Å². The van der Waals surface area contributed by atoms with E-state index in [-0.39, 0.29) is 19.0 Å². The zero-order valence-corrected chi connectivity index (χ0v) is 11.1. The topological polar surface area (TPSA) is 98.7 Å². The van der Waals surface area contributed by atoms with E-state index in [0.29, 0.717) is 0 Å². The molecule has 1 atom stereocenters. The fraction of sp³-hybridized carbons (Fsp3) is 0.750.